The van der Waals surface area contributed by atoms with Crippen molar-refractivity contribution in [2.45, 2.75) is 85.6 Å². The van der Waals surface area contributed by atoms with Crippen LogP contribution < -0.4 is 0 Å². The molecule has 0 bridgehead atoms. The van der Waals surface area contributed by atoms with E-state index in [4.69, 9.17) is 23.7 Å². The molecule has 43 heavy (non-hydrogen) atoms. The Morgan fingerprint density at radius 1 is 0.977 bits per heavy atom. The van der Waals surface area contributed by atoms with Crippen molar-refractivity contribution in [3.8, 4) is 5.75 Å². The first-order valence-electron chi connectivity index (χ1n) is 14.4. The monoisotopic (exact) mass is 596 g/mol. The fourth-order valence-corrected chi connectivity index (χ4v) is 6.99. The molecule has 10 nitrogen and oxygen atoms in total. The van der Waals surface area contributed by atoms with Gasteiger partial charge in [-0.05, 0) is 73.8 Å². The molecule has 2 fully saturated rings. The van der Waals surface area contributed by atoms with Crippen molar-refractivity contribution < 1.29 is 48.0 Å². The lowest BCUT2D eigenvalue weighted by Crippen LogP contribution is -2.64. The average molecular weight is 597 g/mol. The third-order valence-electron chi connectivity index (χ3n) is 9.22. The minimum atomic E-state index is -1.29. The number of phenolic OH excluding ortho intramolecular Hbond substituents is 1. The number of aromatic hydroxyl groups is 1. The van der Waals surface area contributed by atoms with Crippen LogP contribution in [-0.4, -0.2) is 53.8 Å². The van der Waals surface area contributed by atoms with Gasteiger partial charge in [-0.25, -0.2) is 4.79 Å². The Labute approximate surface area is 251 Å². The van der Waals surface area contributed by atoms with Crippen LogP contribution in [0.4, 0.5) is 0 Å². The Morgan fingerprint density at radius 3 is 2.19 bits per heavy atom. The van der Waals surface area contributed by atoms with Crippen LogP contribution in [0.5, 0.6) is 5.75 Å². The molecule has 1 saturated carbocycles. The van der Waals surface area contributed by atoms with Crippen molar-refractivity contribution in [2.24, 2.45) is 22.7 Å². The number of esters is 4. The zero-order chi connectivity index (χ0) is 31.7. The van der Waals surface area contributed by atoms with Crippen LogP contribution in [0.1, 0.15) is 71.2 Å². The van der Waals surface area contributed by atoms with Crippen LogP contribution >= 0.6 is 0 Å². The Balaban J connectivity index is 1.95. The van der Waals surface area contributed by atoms with E-state index in [1.165, 1.54) is 45.0 Å². The molecule has 1 heterocycles. The van der Waals surface area contributed by atoms with Crippen LogP contribution in [0.15, 0.2) is 60.2 Å². The maximum Gasteiger partial charge on any atom is 0.338 e. The molecule has 8 atom stereocenters. The second-order valence-electron chi connectivity index (χ2n) is 11.9. The van der Waals surface area contributed by atoms with Crippen molar-refractivity contribution in [3.63, 3.8) is 0 Å². The third-order valence-corrected chi connectivity index (χ3v) is 9.22. The number of carbonyl (C=O) groups excluding carboxylic acids is 4. The number of hydrogen-bond acceptors (Lipinski definition) is 10. The molecule has 1 aliphatic heterocycles. The van der Waals surface area contributed by atoms with Crippen molar-refractivity contribution in [3.05, 3.63) is 65.8 Å². The lowest BCUT2D eigenvalue weighted by atomic mass is 9.45. The van der Waals surface area contributed by atoms with Gasteiger partial charge in [0.2, 0.25) is 12.6 Å². The van der Waals surface area contributed by atoms with E-state index in [0.29, 0.717) is 24.8 Å². The van der Waals surface area contributed by atoms with Gasteiger partial charge < -0.3 is 24.1 Å². The molecule has 2 aliphatic carbocycles. The van der Waals surface area contributed by atoms with Gasteiger partial charge in [-0.15, -0.1) is 0 Å². The number of allylic oxidation sites excluding steroid dienone is 3. The van der Waals surface area contributed by atoms with Gasteiger partial charge in [0.05, 0.1) is 5.56 Å². The third kappa shape index (κ3) is 6.11. The van der Waals surface area contributed by atoms with Crippen molar-refractivity contribution in [2.75, 3.05) is 0 Å². The molecule has 10 heteroatoms. The molecule has 1 aromatic rings. The Morgan fingerprint density at radius 2 is 1.60 bits per heavy atom. The fourth-order valence-electron chi connectivity index (χ4n) is 6.99. The van der Waals surface area contributed by atoms with E-state index in [9.17, 15) is 24.3 Å². The first kappa shape index (κ1) is 32.0. The number of phenols is 1. The molecule has 0 radical (unpaired) electrons. The Kier molecular flexibility index (Phi) is 9.20. The molecule has 232 valence electrons. The molecular weight excluding hydrogens is 556 g/mol. The maximum absolute atomic E-state index is 13.6. The van der Waals surface area contributed by atoms with Crippen molar-refractivity contribution >= 4 is 23.9 Å². The lowest BCUT2D eigenvalue weighted by molar-refractivity contribution is -0.253. The number of hydrogen-bond donors (Lipinski definition) is 1. The highest BCUT2D eigenvalue weighted by molar-refractivity contribution is 5.89. The second kappa shape index (κ2) is 12.4. The highest BCUT2D eigenvalue weighted by atomic mass is 16.8. The second-order valence-corrected chi connectivity index (χ2v) is 11.9. The van der Waals surface area contributed by atoms with Gasteiger partial charge in [-0.3, -0.25) is 19.1 Å². The first-order chi connectivity index (χ1) is 20.2. The van der Waals surface area contributed by atoms with Crippen LogP contribution in [0.3, 0.4) is 0 Å². The number of rotatable bonds is 8. The number of ether oxygens (including phenoxy) is 5. The zero-order valence-electron chi connectivity index (χ0n) is 25.5. The molecule has 0 aromatic heterocycles. The minimum absolute atomic E-state index is 0.00233. The molecule has 3 aliphatic rings. The summed E-state index contributed by atoms with van der Waals surface area (Å²) in [7, 11) is 0. The van der Waals surface area contributed by atoms with E-state index in [2.05, 4.69) is 26.5 Å². The molecular formula is C33H40O10. The predicted octanol–water partition coefficient (Wildman–Crippen LogP) is 5.16. The minimum Gasteiger partial charge on any atom is -0.508 e. The summed E-state index contributed by atoms with van der Waals surface area (Å²) in [6, 6.07) is 5.69. The summed E-state index contributed by atoms with van der Waals surface area (Å²) in [4.78, 5) is 50.4. The van der Waals surface area contributed by atoms with Gasteiger partial charge in [-0.1, -0.05) is 38.2 Å². The highest BCUT2D eigenvalue weighted by Gasteiger charge is 2.72. The van der Waals surface area contributed by atoms with Gasteiger partial charge in [-0.2, -0.15) is 0 Å². The largest absolute Gasteiger partial charge is 0.508 e. The summed E-state index contributed by atoms with van der Waals surface area (Å²) in [6.45, 7) is 13.8. The summed E-state index contributed by atoms with van der Waals surface area (Å²) < 4.78 is 29.6. The highest BCUT2D eigenvalue weighted by Crippen LogP contribution is 2.68. The Bertz CT molecular complexity index is 1340. The van der Waals surface area contributed by atoms with E-state index < -0.39 is 65.4 Å². The van der Waals surface area contributed by atoms with Crippen LogP contribution in [0.25, 0.3) is 0 Å². The maximum atomic E-state index is 13.6. The molecule has 0 unspecified atom stereocenters. The van der Waals surface area contributed by atoms with Crippen molar-refractivity contribution in [1.82, 2.24) is 0 Å². The van der Waals surface area contributed by atoms with E-state index in [0.717, 1.165) is 5.57 Å². The normalized spacial score (nSPS) is 33.3. The van der Waals surface area contributed by atoms with Crippen molar-refractivity contribution in [1.29, 1.82) is 0 Å². The quantitative estimate of drug-likeness (QED) is 0.186. The van der Waals surface area contributed by atoms with Gasteiger partial charge in [0, 0.05) is 26.3 Å². The summed E-state index contributed by atoms with van der Waals surface area (Å²) in [5, 5.41) is 9.73. The number of carbonyl (C=O) groups is 4. The molecule has 1 saturated heterocycles. The average Bonchev–Trinajstić information content (AvgIpc) is 3.21. The van der Waals surface area contributed by atoms with Crippen LogP contribution in [0.2, 0.25) is 0 Å². The van der Waals surface area contributed by atoms with Crippen LogP contribution in [0, 0.1) is 22.7 Å². The molecule has 1 spiro atoms. The van der Waals surface area contributed by atoms with E-state index >= 15 is 0 Å². The van der Waals surface area contributed by atoms with E-state index in [1.54, 1.807) is 12.2 Å². The molecule has 1 N–H and O–H groups in total. The van der Waals surface area contributed by atoms with Gasteiger partial charge in [0.25, 0.3) is 0 Å². The summed E-state index contributed by atoms with van der Waals surface area (Å²) in [6.07, 6.45) is 2.64. The lowest BCUT2D eigenvalue weighted by Gasteiger charge is -2.60. The summed E-state index contributed by atoms with van der Waals surface area (Å²) >= 11 is 0. The van der Waals surface area contributed by atoms with E-state index in [-0.39, 0.29) is 17.2 Å². The first-order valence-corrected chi connectivity index (χ1v) is 14.4. The molecule has 4 rings (SSSR count). The predicted molar refractivity (Wildman–Crippen MR) is 154 cm³/mol. The van der Waals surface area contributed by atoms with Gasteiger partial charge >= 0.3 is 23.9 Å². The SMILES string of the molecule is C=C/C(C)=C/C[C@]1(C)[C@H](C)C[C@H](OC(=O)c2ccc(O)cc2)[C@@]23C(=C[C@H](OC(C)=O)C[C@@H]12)[C@@H](OC(C)=O)O[C@H]3OC(C)=O. The van der Waals surface area contributed by atoms with Gasteiger partial charge in [0.15, 0.2) is 0 Å². The zero-order valence-corrected chi connectivity index (χ0v) is 25.5. The standard InChI is InChI=1S/C33H40O10/c1-8-18(2)13-14-32(7)19(3)15-28(42-29(38)23-9-11-24(37)12-10-23)33-26(16-25(17-27(32)33)39-20(4)34)30(40-21(5)35)43-31(33)41-22(6)36/h8-13,16,19,25,27-28,30-31,37H,1,14-15,17H2,2-7H3/b18-13+/t19-,25+,27+,28+,30+,31-,32-,33-/m1/s1. The number of benzene rings is 1. The summed E-state index contributed by atoms with van der Waals surface area (Å²) in [5.41, 5.74) is -0.191. The topological polar surface area (TPSA) is 135 Å². The van der Waals surface area contributed by atoms with Crippen LogP contribution in [-0.2, 0) is 38.1 Å². The van der Waals surface area contributed by atoms with Gasteiger partial charge in [0.1, 0.15) is 23.4 Å². The smallest absolute Gasteiger partial charge is 0.338 e. The Hall–Kier alpha value is -3.92. The molecule has 1 aromatic carbocycles. The summed E-state index contributed by atoms with van der Waals surface area (Å²) in [5.74, 6) is -2.88. The fraction of sp³-hybridized carbons (Fsp3) is 0.515. The molecule has 0 amide bonds. The van der Waals surface area contributed by atoms with E-state index in [1.807, 2.05) is 6.92 Å².